The lowest BCUT2D eigenvalue weighted by Crippen LogP contribution is -2.42. The van der Waals surface area contributed by atoms with E-state index >= 15 is 0 Å². The number of halogens is 1. The van der Waals surface area contributed by atoms with Crippen LogP contribution in [0.3, 0.4) is 0 Å². The molecule has 1 unspecified atom stereocenters. The van der Waals surface area contributed by atoms with Crippen LogP contribution in [-0.4, -0.2) is 29.0 Å². The van der Waals surface area contributed by atoms with Crippen molar-refractivity contribution in [3.63, 3.8) is 0 Å². The second-order valence-corrected chi connectivity index (χ2v) is 6.12. The van der Waals surface area contributed by atoms with Crippen molar-refractivity contribution in [3.05, 3.63) is 40.7 Å². The quantitative estimate of drug-likeness (QED) is 0.936. The molecule has 1 aromatic carbocycles. The summed E-state index contributed by atoms with van der Waals surface area (Å²) in [5.41, 5.74) is 7.95. The van der Waals surface area contributed by atoms with Crippen LogP contribution >= 0.6 is 15.9 Å². The molecule has 0 bridgehead atoms. The molecule has 2 heterocycles. The van der Waals surface area contributed by atoms with Crippen LogP contribution in [0.1, 0.15) is 18.5 Å². The minimum absolute atomic E-state index is 0.290. The smallest absolute Gasteiger partial charge is 0.227 e. The number of aromatic nitrogens is 1. The molecule has 0 radical (unpaired) electrons. The van der Waals surface area contributed by atoms with E-state index in [1.165, 1.54) is 0 Å². The van der Waals surface area contributed by atoms with E-state index in [2.05, 4.69) is 25.8 Å². The van der Waals surface area contributed by atoms with Crippen LogP contribution < -0.4 is 5.73 Å². The Hall–Kier alpha value is -1.17. The van der Waals surface area contributed by atoms with Gasteiger partial charge in [-0.3, -0.25) is 4.90 Å². The molecular weight excluding hydrogens is 318 g/mol. The van der Waals surface area contributed by atoms with Gasteiger partial charge in [0.25, 0.3) is 0 Å². The van der Waals surface area contributed by atoms with Gasteiger partial charge in [-0.05, 0) is 47.4 Å². The van der Waals surface area contributed by atoms with Crippen LogP contribution in [0.15, 0.2) is 39.4 Å². The number of likely N-dealkylation sites (tertiary alicyclic amines) is 1. The third-order valence-electron chi connectivity index (χ3n) is 3.58. The second kappa shape index (κ2) is 6.08. The largest absolute Gasteiger partial charge is 0.444 e. The maximum absolute atomic E-state index is 6.00. The summed E-state index contributed by atoms with van der Waals surface area (Å²) in [4.78, 5) is 6.92. The molecule has 1 atom stereocenters. The van der Waals surface area contributed by atoms with Crippen LogP contribution in [0.4, 0.5) is 0 Å². The summed E-state index contributed by atoms with van der Waals surface area (Å²) in [6.07, 6.45) is 4.03. The third-order valence-corrected chi connectivity index (χ3v) is 4.28. The first kappa shape index (κ1) is 13.8. The minimum atomic E-state index is 0.290. The average molecular weight is 336 g/mol. The fourth-order valence-corrected chi connectivity index (χ4v) is 3.06. The molecule has 0 spiro atoms. The molecule has 0 amide bonds. The van der Waals surface area contributed by atoms with Crippen molar-refractivity contribution in [2.75, 3.05) is 13.1 Å². The van der Waals surface area contributed by atoms with Crippen LogP contribution in [0.25, 0.3) is 11.5 Å². The van der Waals surface area contributed by atoms with Gasteiger partial charge in [0.05, 0.1) is 11.3 Å². The Morgan fingerprint density at radius 1 is 1.40 bits per heavy atom. The van der Waals surface area contributed by atoms with Gasteiger partial charge in [-0.1, -0.05) is 12.1 Å². The molecule has 1 aliphatic heterocycles. The molecular formula is C15H18BrN3O. The van der Waals surface area contributed by atoms with E-state index in [1.807, 2.05) is 24.3 Å². The van der Waals surface area contributed by atoms with Crippen molar-refractivity contribution in [1.82, 2.24) is 9.88 Å². The summed E-state index contributed by atoms with van der Waals surface area (Å²) in [5.74, 6) is 0.661. The van der Waals surface area contributed by atoms with Crippen molar-refractivity contribution in [2.24, 2.45) is 5.73 Å². The number of hydrogen-bond acceptors (Lipinski definition) is 4. The van der Waals surface area contributed by atoms with Gasteiger partial charge in [0.1, 0.15) is 6.26 Å². The van der Waals surface area contributed by atoms with E-state index in [1.54, 1.807) is 6.26 Å². The summed E-state index contributed by atoms with van der Waals surface area (Å²) in [6.45, 7) is 2.84. The third kappa shape index (κ3) is 3.11. The first-order chi connectivity index (χ1) is 9.72. The number of oxazole rings is 1. The van der Waals surface area contributed by atoms with Crippen molar-refractivity contribution in [1.29, 1.82) is 0 Å². The lowest BCUT2D eigenvalue weighted by molar-refractivity contribution is 0.199. The molecule has 0 saturated carbocycles. The van der Waals surface area contributed by atoms with Gasteiger partial charge >= 0.3 is 0 Å². The van der Waals surface area contributed by atoms with Crippen LogP contribution in [0, 0.1) is 0 Å². The van der Waals surface area contributed by atoms with Crippen molar-refractivity contribution >= 4 is 15.9 Å². The van der Waals surface area contributed by atoms with Gasteiger partial charge < -0.3 is 10.2 Å². The number of piperidine rings is 1. The number of nitrogens with two attached hydrogens (primary N) is 1. The summed E-state index contributed by atoms with van der Waals surface area (Å²) in [6, 6.07) is 8.23. The zero-order chi connectivity index (χ0) is 13.9. The molecule has 3 rings (SSSR count). The zero-order valence-electron chi connectivity index (χ0n) is 11.3. The molecule has 2 N–H and O–H groups in total. The Morgan fingerprint density at radius 2 is 2.25 bits per heavy atom. The van der Waals surface area contributed by atoms with Gasteiger partial charge in [-0.2, -0.15) is 0 Å². The Bertz CT molecular complexity index is 584. The number of rotatable bonds is 3. The summed E-state index contributed by atoms with van der Waals surface area (Å²) < 4.78 is 6.59. The molecule has 1 saturated heterocycles. The molecule has 0 aliphatic carbocycles. The minimum Gasteiger partial charge on any atom is -0.444 e. The van der Waals surface area contributed by atoms with E-state index < -0.39 is 0 Å². The highest BCUT2D eigenvalue weighted by atomic mass is 79.9. The molecule has 1 aromatic heterocycles. The summed E-state index contributed by atoms with van der Waals surface area (Å²) in [5, 5.41) is 0. The molecule has 20 heavy (non-hydrogen) atoms. The first-order valence-electron chi connectivity index (χ1n) is 6.89. The molecule has 106 valence electrons. The fourth-order valence-electron chi connectivity index (χ4n) is 2.60. The monoisotopic (exact) mass is 335 g/mol. The molecule has 1 fully saturated rings. The molecule has 2 aromatic rings. The van der Waals surface area contributed by atoms with Gasteiger partial charge in [0.2, 0.25) is 5.89 Å². The summed E-state index contributed by atoms with van der Waals surface area (Å²) >= 11 is 3.52. The van der Waals surface area contributed by atoms with E-state index in [-0.39, 0.29) is 0 Å². The Morgan fingerprint density at radius 3 is 3.05 bits per heavy atom. The lowest BCUT2D eigenvalue weighted by Gasteiger charge is -2.29. The maximum Gasteiger partial charge on any atom is 0.227 e. The van der Waals surface area contributed by atoms with Crippen molar-refractivity contribution in [3.8, 4) is 11.5 Å². The van der Waals surface area contributed by atoms with Crippen LogP contribution in [-0.2, 0) is 6.54 Å². The average Bonchev–Trinajstić information content (AvgIpc) is 2.87. The fraction of sp³-hybridized carbons (Fsp3) is 0.400. The zero-order valence-corrected chi connectivity index (χ0v) is 12.8. The SMILES string of the molecule is NC1CCCN(Cc2coc(-c3ccccc3Br)n2)C1. The Balaban J connectivity index is 1.72. The van der Waals surface area contributed by atoms with Gasteiger partial charge in [0, 0.05) is 23.6 Å². The van der Waals surface area contributed by atoms with Crippen LogP contribution in [0.5, 0.6) is 0 Å². The van der Waals surface area contributed by atoms with E-state index in [0.717, 1.165) is 48.2 Å². The number of nitrogens with zero attached hydrogens (tertiary/aromatic N) is 2. The molecule has 4 nitrogen and oxygen atoms in total. The normalized spacial score (nSPS) is 20.2. The Kier molecular flexibility index (Phi) is 4.19. The number of hydrogen-bond donors (Lipinski definition) is 1. The van der Waals surface area contributed by atoms with E-state index in [0.29, 0.717) is 11.9 Å². The molecule has 5 heteroatoms. The maximum atomic E-state index is 6.00. The predicted octanol–water partition coefficient (Wildman–Crippen LogP) is 3.03. The van der Waals surface area contributed by atoms with Crippen molar-refractivity contribution < 1.29 is 4.42 Å². The van der Waals surface area contributed by atoms with Gasteiger partial charge in [0.15, 0.2) is 0 Å². The summed E-state index contributed by atoms with van der Waals surface area (Å²) in [7, 11) is 0. The second-order valence-electron chi connectivity index (χ2n) is 5.26. The highest BCUT2D eigenvalue weighted by molar-refractivity contribution is 9.10. The first-order valence-corrected chi connectivity index (χ1v) is 7.69. The van der Waals surface area contributed by atoms with Gasteiger partial charge in [-0.15, -0.1) is 0 Å². The van der Waals surface area contributed by atoms with Crippen molar-refractivity contribution in [2.45, 2.75) is 25.4 Å². The highest BCUT2D eigenvalue weighted by Gasteiger charge is 2.18. The van der Waals surface area contributed by atoms with Gasteiger partial charge in [-0.25, -0.2) is 4.98 Å². The van der Waals surface area contributed by atoms with Crippen LogP contribution in [0.2, 0.25) is 0 Å². The van der Waals surface area contributed by atoms with E-state index in [4.69, 9.17) is 10.2 Å². The standard InChI is InChI=1S/C15H18BrN3O/c16-14-6-2-1-5-13(14)15-18-12(10-20-15)9-19-7-3-4-11(17)8-19/h1-2,5-6,10-11H,3-4,7-9,17H2. The predicted molar refractivity (Wildman–Crippen MR) is 82.1 cm³/mol. The lowest BCUT2D eigenvalue weighted by atomic mass is 10.1. The van der Waals surface area contributed by atoms with E-state index in [9.17, 15) is 0 Å². The highest BCUT2D eigenvalue weighted by Crippen LogP contribution is 2.27. The molecule has 1 aliphatic rings. The topological polar surface area (TPSA) is 55.3 Å². The Labute approximate surface area is 127 Å². The number of benzene rings is 1.